The van der Waals surface area contributed by atoms with Crippen LogP contribution in [0, 0.1) is 6.92 Å². The Hall–Kier alpha value is -3.60. The standard InChI is InChI=1S/C31H42N4O6/c1-5-29-32-12-13-34(29)16-17-40-28-18-25(8-11-27(28)39-4)19-33-14-15-35(30(36)20-38-3)22-31(37,21-33)23-41-26-9-6-24(2)7-10-26/h6-13,18,37H,5,14-17,19-23H2,1-4H3/t31-/m0/s1. The van der Waals surface area contributed by atoms with Crippen LogP contribution in [0.1, 0.15) is 23.9 Å². The van der Waals surface area contributed by atoms with Gasteiger partial charge in [-0.05, 0) is 36.8 Å². The van der Waals surface area contributed by atoms with Crippen molar-refractivity contribution in [1.82, 2.24) is 19.4 Å². The first-order chi connectivity index (χ1) is 19.8. The van der Waals surface area contributed by atoms with Crippen LogP contribution in [0.4, 0.5) is 0 Å². The van der Waals surface area contributed by atoms with E-state index in [9.17, 15) is 9.90 Å². The number of methoxy groups -OCH3 is 2. The van der Waals surface area contributed by atoms with Gasteiger partial charge in [-0.3, -0.25) is 9.69 Å². The number of amides is 1. The Balaban J connectivity index is 1.46. The number of rotatable bonds is 13. The average molecular weight is 567 g/mol. The van der Waals surface area contributed by atoms with E-state index in [-0.39, 0.29) is 25.7 Å². The number of aromatic nitrogens is 2. The van der Waals surface area contributed by atoms with Crippen molar-refractivity contribution in [3.8, 4) is 17.2 Å². The Kier molecular flexibility index (Phi) is 10.6. The first kappa shape index (κ1) is 30.4. The summed E-state index contributed by atoms with van der Waals surface area (Å²) in [6.07, 6.45) is 4.62. The number of hydrogen-bond donors (Lipinski definition) is 1. The summed E-state index contributed by atoms with van der Waals surface area (Å²) in [6.45, 7) is 7.36. The molecule has 1 saturated heterocycles. The third-order valence-electron chi connectivity index (χ3n) is 7.18. The van der Waals surface area contributed by atoms with Crippen LogP contribution in [0.15, 0.2) is 54.9 Å². The minimum atomic E-state index is -1.28. The maximum Gasteiger partial charge on any atom is 0.248 e. The minimum Gasteiger partial charge on any atom is -0.493 e. The van der Waals surface area contributed by atoms with Gasteiger partial charge >= 0.3 is 0 Å². The van der Waals surface area contributed by atoms with Crippen LogP contribution >= 0.6 is 0 Å². The number of carbonyl (C=O) groups is 1. The monoisotopic (exact) mass is 566 g/mol. The maximum absolute atomic E-state index is 12.8. The van der Waals surface area contributed by atoms with Crippen molar-refractivity contribution in [3.63, 3.8) is 0 Å². The van der Waals surface area contributed by atoms with Gasteiger partial charge < -0.3 is 33.5 Å². The van der Waals surface area contributed by atoms with Gasteiger partial charge in [-0.1, -0.05) is 30.7 Å². The number of ether oxygens (including phenoxy) is 4. The van der Waals surface area contributed by atoms with Crippen LogP contribution in [-0.4, -0.2) is 96.2 Å². The lowest BCUT2D eigenvalue weighted by Gasteiger charge is -2.33. The zero-order chi connectivity index (χ0) is 29.2. The predicted molar refractivity (Wildman–Crippen MR) is 155 cm³/mol. The highest BCUT2D eigenvalue weighted by atomic mass is 16.5. The summed E-state index contributed by atoms with van der Waals surface area (Å²) >= 11 is 0. The van der Waals surface area contributed by atoms with Crippen molar-refractivity contribution in [1.29, 1.82) is 0 Å². The molecular formula is C31H42N4O6. The van der Waals surface area contributed by atoms with Crippen molar-refractivity contribution in [2.45, 2.75) is 39.0 Å². The van der Waals surface area contributed by atoms with Crippen LogP contribution in [0.5, 0.6) is 17.2 Å². The number of nitrogens with zero attached hydrogens (tertiary/aromatic N) is 4. The van der Waals surface area contributed by atoms with Gasteiger partial charge in [-0.2, -0.15) is 0 Å². The summed E-state index contributed by atoms with van der Waals surface area (Å²) in [4.78, 5) is 20.9. The van der Waals surface area contributed by atoms with E-state index in [0.29, 0.717) is 56.6 Å². The van der Waals surface area contributed by atoms with Gasteiger partial charge in [0, 0.05) is 52.1 Å². The van der Waals surface area contributed by atoms with E-state index in [0.717, 1.165) is 23.4 Å². The van der Waals surface area contributed by atoms with E-state index >= 15 is 0 Å². The van der Waals surface area contributed by atoms with Crippen molar-refractivity contribution in [2.24, 2.45) is 0 Å². The second-order valence-corrected chi connectivity index (χ2v) is 10.5. The van der Waals surface area contributed by atoms with E-state index in [2.05, 4.69) is 21.4 Å². The lowest BCUT2D eigenvalue weighted by Crippen LogP contribution is -2.52. The zero-order valence-electron chi connectivity index (χ0n) is 24.5. The van der Waals surface area contributed by atoms with E-state index in [1.807, 2.05) is 55.6 Å². The van der Waals surface area contributed by atoms with Gasteiger partial charge in [0.1, 0.15) is 37.0 Å². The number of β-amino-alcohol motifs (C(OH)–C–C–N with tert-alkyl or cyclic N) is 1. The number of imidazole rings is 1. The van der Waals surface area contributed by atoms with Crippen LogP contribution < -0.4 is 14.2 Å². The largest absolute Gasteiger partial charge is 0.493 e. The molecule has 1 atom stereocenters. The maximum atomic E-state index is 12.8. The molecule has 2 aromatic carbocycles. The summed E-state index contributed by atoms with van der Waals surface area (Å²) in [5.74, 6) is 2.85. The smallest absolute Gasteiger partial charge is 0.248 e. The Labute approximate surface area is 242 Å². The Morgan fingerprint density at radius 1 is 1.05 bits per heavy atom. The molecule has 10 nitrogen and oxygen atoms in total. The number of benzene rings is 2. The molecule has 0 bridgehead atoms. The van der Waals surface area contributed by atoms with Gasteiger partial charge in [0.2, 0.25) is 5.91 Å². The van der Waals surface area contributed by atoms with E-state index in [1.54, 1.807) is 18.2 Å². The molecule has 0 radical (unpaired) electrons. The van der Waals surface area contributed by atoms with Gasteiger partial charge in [0.05, 0.1) is 20.2 Å². The van der Waals surface area contributed by atoms with E-state index in [1.165, 1.54) is 7.11 Å². The molecule has 1 aromatic heterocycles. The quantitative estimate of drug-likeness (QED) is 0.337. The highest BCUT2D eigenvalue weighted by molar-refractivity contribution is 5.77. The molecule has 3 aromatic rings. The highest BCUT2D eigenvalue weighted by Crippen LogP contribution is 2.29. The summed E-state index contributed by atoms with van der Waals surface area (Å²) in [5.41, 5.74) is 0.859. The molecule has 0 saturated carbocycles. The topological polar surface area (TPSA) is 98.5 Å². The molecule has 1 fully saturated rings. The molecule has 1 aliphatic rings. The van der Waals surface area contributed by atoms with Gasteiger partial charge in [0.25, 0.3) is 0 Å². The zero-order valence-corrected chi connectivity index (χ0v) is 24.5. The third kappa shape index (κ3) is 8.45. The molecule has 0 aliphatic carbocycles. The van der Waals surface area contributed by atoms with Crippen LogP contribution in [0.25, 0.3) is 0 Å². The summed E-state index contributed by atoms with van der Waals surface area (Å²) in [6, 6.07) is 13.6. The van der Waals surface area contributed by atoms with Crippen molar-refractivity contribution < 1.29 is 28.8 Å². The van der Waals surface area contributed by atoms with Crippen LogP contribution in [0.2, 0.25) is 0 Å². The Morgan fingerprint density at radius 2 is 1.85 bits per heavy atom. The van der Waals surface area contributed by atoms with Crippen molar-refractivity contribution in [2.75, 3.05) is 60.2 Å². The van der Waals surface area contributed by atoms with Crippen molar-refractivity contribution in [3.05, 3.63) is 71.8 Å². The SMILES string of the molecule is CCc1nccn1CCOc1cc(CN2CCN(C(=O)COC)C[C@](O)(COc3ccc(C)cc3)C2)ccc1OC. The molecule has 1 amide bonds. The molecule has 41 heavy (non-hydrogen) atoms. The first-order valence-corrected chi connectivity index (χ1v) is 14.0. The molecule has 0 unspecified atom stereocenters. The first-order valence-electron chi connectivity index (χ1n) is 14.0. The fourth-order valence-electron chi connectivity index (χ4n) is 5.05. The second kappa shape index (κ2) is 14.3. The normalized spacial score (nSPS) is 17.7. The van der Waals surface area contributed by atoms with E-state index in [4.69, 9.17) is 18.9 Å². The number of aryl methyl sites for hydroxylation is 2. The fraction of sp³-hybridized carbons (Fsp3) is 0.484. The minimum absolute atomic E-state index is 0.0348. The predicted octanol–water partition coefficient (Wildman–Crippen LogP) is 2.94. The van der Waals surface area contributed by atoms with Crippen molar-refractivity contribution >= 4 is 5.91 Å². The third-order valence-corrected chi connectivity index (χ3v) is 7.18. The van der Waals surface area contributed by atoms with E-state index < -0.39 is 5.60 Å². The fourth-order valence-corrected chi connectivity index (χ4v) is 5.05. The average Bonchev–Trinajstić information content (AvgIpc) is 3.35. The molecule has 2 heterocycles. The summed E-state index contributed by atoms with van der Waals surface area (Å²) < 4.78 is 24.9. The number of hydrogen-bond acceptors (Lipinski definition) is 8. The van der Waals surface area contributed by atoms with Gasteiger partial charge in [0.15, 0.2) is 11.5 Å². The molecule has 4 rings (SSSR count). The molecule has 1 N–H and O–H groups in total. The van der Waals surface area contributed by atoms with Crippen LogP contribution in [-0.2, 0) is 29.0 Å². The lowest BCUT2D eigenvalue weighted by molar-refractivity contribution is -0.138. The van der Waals surface area contributed by atoms with Gasteiger partial charge in [-0.25, -0.2) is 4.98 Å². The molecule has 10 heteroatoms. The number of carbonyl (C=O) groups excluding carboxylic acids is 1. The summed E-state index contributed by atoms with van der Waals surface area (Å²) in [7, 11) is 3.12. The van der Waals surface area contributed by atoms with Gasteiger partial charge in [-0.15, -0.1) is 0 Å². The highest BCUT2D eigenvalue weighted by Gasteiger charge is 2.37. The molecule has 222 valence electrons. The summed E-state index contributed by atoms with van der Waals surface area (Å²) in [5, 5.41) is 11.7. The van der Waals surface area contributed by atoms with Crippen LogP contribution in [0.3, 0.4) is 0 Å². The molecule has 1 aliphatic heterocycles. The number of aliphatic hydroxyl groups is 1. The Bertz CT molecular complexity index is 1260. The second-order valence-electron chi connectivity index (χ2n) is 10.5. The molecular weight excluding hydrogens is 524 g/mol. The Morgan fingerprint density at radius 3 is 2.59 bits per heavy atom. The lowest BCUT2D eigenvalue weighted by atomic mass is 10.0. The molecule has 0 spiro atoms.